The van der Waals surface area contributed by atoms with E-state index in [1.165, 1.54) is 11.1 Å². The number of benzene rings is 2. The van der Waals surface area contributed by atoms with E-state index in [0.29, 0.717) is 0 Å². The zero-order chi connectivity index (χ0) is 17.3. The predicted octanol–water partition coefficient (Wildman–Crippen LogP) is 5.86. The monoisotopic (exact) mass is 320 g/mol. The summed E-state index contributed by atoms with van der Waals surface area (Å²) >= 11 is 0. The molecule has 3 heteroatoms. The Morgan fingerprint density at radius 3 is 2.00 bits per heavy atom. The van der Waals surface area contributed by atoms with Crippen molar-refractivity contribution in [1.82, 2.24) is 4.98 Å². The molecular weight excluding hydrogens is 299 g/mol. The van der Waals surface area contributed by atoms with Crippen molar-refractivity contribution < 1.29 is 4.39 Å². The third kappa shape index (κ3) is 3.16. The minimum absolute atomic E-state index is 0.210. The highest BCUT2D eigenvalue weighted by molar-refractivity contribution is 5.71. The number of aromatic nitrogens is 1. The fourth-order valence-electron chi connectivity index (χ4n) is 3.10. The van der Waals surface area contributed by atoms with E-state index in [9.17, 15) is 4.39 Å². The lowest BCUT2D eigenvalue weighted by Gasteiger charge is -2.14. The van der Waals surface area contributed by atoms with Gasteiger partial charge >= 0.3 is 0 Å². The lowest BCUT2D eigenvalue weighted by Crippen LogP contribution is -2.00. The van der Waals surface area contributed by atoms with Crippen molar-refractivity contribution >= 4 is 11.5 Å². The fourth-order valence-corrected chi connectivity index (χ4v) is 3.10. The summed E-state index contributed by atoms with van der Waals surface area (Å²) in [5.41, 5.74) is 7.05. The zero-order valence-electron chi connectivity index (χ0n) is 14.4. The summed E-state index contributed by atoms with van der Waals surface area (Å²) in [5, 5.41) is 3.42. The molecule has 1 aromatic heterocycles. The van der Waals surface area contributed by atoms with Crippen LogP contribution in [0.3, 0.4) is 0 Å². The molecule has 3 rings (SSSR count). The molecule has 2 nitrogen and oxygen atoms in total. The van der Waals surface area contributed by atoms with Crippen molar-refractivity contribution in [3.63, 3.8) is 0 Å². The van der Waals surface area contributed by atoms with Crippen LogP contribution in [-0.4, -0.2) is 4.98 Å². The molecule has 0 bridgehead atoms. The van der Waals surface area contributed by atoms with Gasteiger partial charge in [0.1, 0.15) is 11.6 Å². The van der Waals surface area contributed by atoms with Gasteiger partial charge < -0.3 is 5.32 Å². The maximum atomic E-state index is 13.5. The SMILES string of the molecule is Cc1cccc(C)c1Nc1cccc(-c2c(C)cc(F)cc2C)n1. The molecule has 0 saturated carbocycles. The van der Waals surface area contributed by atoms with Crippen molar-refractivity contribution in [3.05, 3.63) is 76.6 Å². The van der Waals surface area contributed by atoms with E-state index in [0.717, 1.165) is 33.9 Å². The van der Waals surface area contributed by atoms with Gasteiger partial charge in [0.25, 0.3) is 0 Å². The Hall–Kier alpha value is -2.68. The van der Waals surface area contributed by atoms with Crippen LogP contribution in [0.25, 0.3) is 11.3 Å². The molecule has 3 aromatic rings. The molecule has 0 amide bonds. The number of para-hydroxylation sites is 1. The van der Waals surface area contributed by atoms with Crippen LogP contribution in [0, 0.1) is 33.5 Å². The number of nitrogens with zero attached hydrogens (tertiary/aromatic N) is 1. The maximum absolute atomic E-state index is 13.5. The molecule has 0 aliphatic rings. The molecule has 1 heterocycles. The van der Waals surface area contributed by atoms with Crippen molar-refractivity contribution in [2.45, 2.75) is 27.7 Å². The first-order chi connectivity index (χ1) is 11.5. The molecule has 0 aliphatic carbocycles. The van der Waals surface area contributed by atoms with Crippen molar-refractivity contribution in [2.75, 3.05) is 5.32 Å². The molecule has 0 unspecified atom stereocenters. The van der Waals surface area contributed by atoms with Crippen LogP contribution in [-0.2, 0) is 0 Å². The molecule has 0 spiro atoms. The third-order valence-electron chi connectivity index (χ3n) is 4.24. The van der Waals surface area contributed by atoms with E-state index in [2.05, 4.69) is 31.3 Å². The Morgan fingerprint density at radius 1 is 0.792 bits per heavy atom. The van der Waals surface area contributed by atoms with E-state index in [-0.39, 0.29) is 5.82 Å². The Balaban J connectivity index is 2.02. The molecule has 0 radical (unpaired) electrons. The van der Waals surface area contributed by atoms with Crippen LogP contribution in [0.5, 0.6) is 0 Å². The van der Waals surface area contributed by atoms with Gasteiger partial charge in [-0.2, -0.15) is 0 Å². The Kier molecular flexibility index (Phi) is 4.34. The number of pyridine rings is 1. The second-order valence-electron chi connectivity index (χ2n) is 6.21. The molecule has 1 N–H and O–H groups in total. The largest absolute Gasteiger partial charge is 0.340 e. The third-order valence-corrected chi connectivity index (χ3v) is 4.24. The van der Waals surface area contributed by atoms with Crippen molar-refractivity contribution in [3.8, 4) is 11.3 Å². The summed E-state index contributed by atoms with van der Waals surface area (Å²) in [6.45, 7) is 7.98. The number of aryl methyl sites for hydroxylation is 4. The standard InChI is InChI=1S/C21H21FN2/c1-13-7-5-8-14(2)21(13)24-19-10-6-9-18(23-19)20-15(3)11-17(22)12-16(20)4/h5-12H,1-4H3,(H,23,24). The summed E-state index contributed by atoms with van der Waals surface area (Å²) in [7, 11) is 0. The van der Waals surface area contributed by atoms with Crippen LogP contribution in [0.1, 0.15) is 22.3 Å². The smallest absolute Gasteiger partial charge is 0.131 e. The van der Waals surface area contributed by atoms with Gasteiger partial charge in [-0.3, -0.25) is 0 Å². The summed E-state index contributed by atoms with van der Waals surface area (Å²) in [4.78, 5) is 4.74. The Morgan fingerprint density at radius 2 is 1.38 bits per heavy atom. The van der Waals surface area contributed by atoms with Crippen LogP contribution < -0.4 is 5.32 Å². The normalized spacial score (nSPS) is 10.7. The molecule has 0 atom stereocenters. The Bertz CT molecular complexity index is 857. The minimum Gasteiger partial charge on any atom is -0.340 e. The highest BCUT2D eigenvalue weighted by Gasteiger charge is 2.10. The van der Waals surface area contributed by atoms with Crippen LogP contribution >= 0.6 is 0 Å². The van der Waals surface area contributed by atoms with Gasteiger partial charge in [0.15, 0.2) is 0 Å². The van der Waals surface area contributed by atoms with E-state index < -0.39 is 0 Å². The summed E-state index contributed by atoms with van der Waals surface area (Å²) in [6, 6.07) is 15.2. The van der Waals surface area contributed by atoms with E-state index in [4.69, 9.17) is 4.98 Å². The van der Waals surface area contributed by atoms with Crippen LogP contribution in [0.4, 0.5) is 15.9 Å². The van der Waals surface area contributed by atoms with Gasteiger partial charge in [-0.05, 0) is 74.2 Å². The van der Waals surface area contributed by atoms with Gasteiger partial charge in [0.05, 0.1) is 5.69 Å². The van der Waals surface area contributed by atoms with Crippen LogP contribution in [0.2, 0.25) is 0 Å². The minimum atomic E-state index is -0.210. The fraction of sp³-hybridized carbons (Fsp3) is 0.190. The first-order valence-electron chi connectivity index (χ1n) is 8.03. The molecule has 24 heavy (non-hydrogen) atoms. The van der Waals surface area contributed by atoms with Gasteiger partial charge in [-0.1, -0.05) is 24.3 Å². The molecule has 2 aromatic carbocycles. The number of anilines is 2. The number of hydrogen-bond donors (Lipinski definition) is 1. The summed E-state index contributed by atoms with van der Waals surface area (Å²) in [6.07, 6.45) is 0. The van der Waals surface area contributed by atoms with Crippen LogP contribution in [0.15, 0.2) is 48.5 Å². The lowest BCUT2D eigenvalue weighted by molar-refractivity contribution is 0.625. The summed E-state index contributed by atoms with van der Waals surface area (Å²) in [5.74, 6) is 0.576. The van der Waals surface area contributed by atoms with Gasteiger partial charge in [0, 0.05) is 11.3 Å². The van der Waals surface area contributed by atoms with Gasteiger partial charge in [-0.15, -0.1) is 0 Å². The first kappa shape index (κ1) is 16.2. The quantitative estimate of drug-likeness (QED) is 0.653. The molecule has 0 saturated heterocycles. The second kappa shape index (κ2) is 6.44. The highest BCUT2D eigenvalue weighted by Crippen LogP contribution is 2.29. The van der Waals surface area contributed by atoms with Gasteiger partial charge in [-0.25, -0.2) is 9.37 Å². The van der Waals surface area contributed by atoms with E-state index in [1.54, 1.807) is 12.1 Å². The molecule has 0 aliphatic heterocycles. The predicted molar refractivity (Wildman–Crippen MR) is 98.3 cm³/mol. The van der Waals surface area contributed by atoms with Crippen molar-refractivity contribution in [2.24, 2.45) is 0 Å². The van der Waals surface area contributed by atoms with Gasteiger partial charge in [0.2, 0.25) is 0 Å². The topological polar surface area (TPSA) is 24.9 Å². The van der Waals surface area contributed by atoms with E-state index in [1.807, 2.05) is 38.1 Å². The number of nitrogens with one attached hydrogen (secondary N) is 1. The summed E-state index contributed by atoms with van der Waals surface area (Å²) < 4.78 is 13.5. The lowest BCUT2D eigenvalue weighted by atomic mass is 9.99. The average Bonchev–Trinajstić information content (AvgIpc) is 2.50. The Labute approximate surface area is 142 Å². The zero-order valence-corrected chi connectivity index (χ0v) is 14.4. The number of hydrogen-bond acceptors (Lipinski definition) is 2. The van der Waals surface area contributed by atoms with E-state index >= 15 is 0 Å². The molecule has 122 valence electrons. The molecule has 0 fully saturated rings. The highest BCUT2D eigenvalue weighted by atomic mass is 19.1. The first-order valence-corrected chi connectivity index (χ1v) is 8.03. The molecular formula is C21H21FN2. The average molecular weight is 320 g/mol. The van der Waals surface area contributed by atoms with Crippen molar-refractivity contribution in [1.29, 1.82) is 0 Å². The number of rotatable bonds is 3. The second-order valence-corrected chi connectivity index (χ2v) is 6.21. The number of halogens is 1. The maximum Gasteiger partial charge on any atom is 0.131 e.